The van der Waals surface area contributed by atoms with Crippen molar-refractivity contribution in [1.29, 1.82) is 0 Å². The predicted octanol–water partition coefficient (Wildman–Crippen LogP) is 3.18. The normalized spacial score (nSPS) is 21.2. The van der Waals surface area contributed by atoms with Gasteiger partial charge in [0.05, 0.1) is 17.4 Å². The quantitative estimate of drug-likeness (QED) is 0.386. The van der Waals surface area contributed by atoms with Crippen molar-refractivity contribution in [3.8, 4) is 0 Å². The summed E-state index contributed by atoms with van der Waals surface area (Å²) in [5, 5.41) is 14.4. The Morgan fingerprint density at radius 3 is 2.77 bits per heavy atom. The van der Waals surface area contributed by atoms with Gasteiger partial charge in [0.1, 0.15) is 17.0 Å². The Labute approximate surface area is 133 Å². The number of anilines is 1. The van der Waals surface area contributed by atoms with Gasteiger partial charge >= 0.3 is 11.7 Å². The van der Waals surface area contributed by atoms with Gasteiger partial charge in [-0.25, -0.2) is 4.98 Å². The number of esters is 1. The van der Waals surface area contributed by atoms with E-state index in [1.54, 1.807) is 6.92 Å². The van der Waals surface area contributed by atoms with Crippen LogP contribution in [0.15, 0.2) is 12.3 Å². The van der Waals surface area contributed by atoms with E-state index in [1.807, 2.05) is 0 Å². The van der Waals surface area contributed by atoms with Crippen molar-refractivity contribution < 1.29 is 14.5 Å². The van der Waals surface area contributed by atoms with Crippen molar-refractivity contribution in [2.45, 2.75) is 38.6 Å². The molecular formula is C14H18ClN3O4. The van der Waals surface area contributed by atoms with Gasteiger partial charge in [-0.05, 0) is 32.6 Å². The summed E-state index contributed by atoms with van der Waals surface area (Å²) in [7, 11) is 0. The number of hydrogen-bond acceptors (Lipinski definition) is 6. The predicted molar refractivity (Wildman–Crippen MR) is 81.9 cm³/mol. The molecule has 8 heteroatoms. The lowest BCUT2D eigenvalue weighted by atomic mass is 9.86. The monoisotopic (exact) mass is 327 g/mol. The summed E-state index contributed by atoms with van der Waals surface area (Å²) < 4.78 is 5.03. The average molecular weight is 328 g/mol. The maximum absolute atomic E-state index is 11.7. The minimum absolute atomic E-state index is 0.0721. The van der Waals surface area contributed by atoms with Crippen LogP contribution in [0.5, 0.6) is 0 Å². The van der Waals surface area contributed by atoms with Gasteiger partial charge in [-0.15, -0.1) is 0 Å². The van der Waals surface area contributed by atoms with E-state index in [-0.39, 0.29) is 28.8 Å². The smallest absolute Gasteiger partial charge is 0.310 e. The number of ether oxygens (including phenoxy) is 1. The molecule has 1 heterocycles. The lowest BCUT2D eigenvalue weighted by molar-refractivity contribution is -0.384. The maximum Gasteiger partial charge on any atom is 0.310 e. The van der Waals surface area contributed by atoms with Crippen molar-refractivity contribution >= 4 is 28.9 Å². The Balaban J connectivity index is 1.98. The number of nitro groups is 1. The number of pyridine rings is 1. The summed E-state index contributed by atoms with van der Waals surface area (Å²) in [4.78, 5) is 25.9. The van der Waals surface area contributed by atoms with Crippen molar-refractivity contribution in [3.63, 3.8) is 0 Å². The van der Waals surface area contributed by atoms with Gasteiger partial charge in [0, 0.05) is 12.1 Å². The average Bonchev–Trinajstić information content (AvgIpc) is 2.48. The summed E-state index contributed by atoms with van der Waals surface area (Å²) in [6.45, 7) is 2.18. The third-order valence-corrected chi connectivity index (χ3v) is 3.96. The van der Waals surface area contributed by atoms with Crippen LogP contribution >= 0.6 is 11.6 Å². The largest absolute Gasteiger partial charge is 0.466 e. The minimum atomic E-state index is -0.490. The van der Waals surface area contributed by atoms with E-state index in [4.69, 9.17) is 16.3 Å². The topological polar surface area (TPSA) is 94.4 Å². The van der Waals surface area contributed by atoms with Crippen molar-refractivity contribution in [2.24, 2.45) is 5.92 Å². The van der Waals surface area contributed by atoms with E-state index in [9.17, 15) is 14.9 Å². The Bertz CT molecular complexity index is 559. The highest BCUT2D eigenvalue weighted by atomic mass is 35.5. The van der Waals surface area contributed by atoms with Crippen LogP contribution in [0, 0.1) is 16.0 Å². The fourth-order valence-electron chi connectivity index (χ4n) is 2.64. The van der Waals surface area contributed by atoms with Crippen LogP contribution < -0.4 is 5.32 Å². The molecule has 2 rings (SSSR count). The molecule has 0 aliphatic heterocycles. The van der Waals surface area contributed by atoms with E-state index in [2.05, 4.69) is 10.3 Å². The molecule has 0 unspecified atom stereocenters. The number of hydrogen-bond donors (Lipinski definition) is 1. The van der Waals surface area contributed by atoms with Crippen molar-refractivity contribution in [3.05, 3.63) is 27.5 Å². The molecule has 22 heavy (non-hydrogen) atoms. The van der Waals surface area contributed by atoms with Crippen LogP contribution in [-0.4, -0.2) is 28.5 Å². The first-order valence-electron chi connectivity index (χ1n) is 7.24. The van der Waals surface area contributed by atoms with Crippen LogP contribution in [0.3, 0.4) is 0 Å². The maximum atomic E-state index is 11.7. The molecule has 0 saturated heterocycles. The van der Waals surface area contributed by atoms with Gasteiger partial charge in [0.25, 0.3) is 0 Å². The minimum Gasteiger partial charge on any atom is -0.466 e. The summed E-state index contributed by atoms with van der Waals surface area (Å²) in [5.41, 5.74) is 0.265. The van der Waals surface area contributed by atoms with Gasteiger partial charge < -0.3 is 10.1 Å². The van der Waals surface area contributed by atoms with E-state index in [0.29, 0.717) is 25.1 Å². The molecule has 1 aliphatic rings. The molecular weight excluding hydrogens is 310 g/mol. The Hall–Kier alpha value is -1.89. The fourth-order valence-corrected chi connectivity index (χ4v) is 2.80. The first-order valence-corrected chi connectivity index (χ1v) is 7.62. The zero-order chi connectivity index (χ0) is 16.1. The van der Waals surface area contributed by atoms with Crippen molar-refractivity contribution in [1.82, 2.24) is 4.98 Å². The second-order valence-electron chi connectivity index (χ2n) is 5.23. The summed E-state index contributed by atoms with van der Waals surface area (Å²) in [5.74, 6) is -0.229. The molecule has 0 radical (unpaired) electrons. The number of nitrogens with zero attached hydrogens (tertiary/aromatic N) is 2. The highest BCUT2D eigenvalue weighted by Gasteiger charge is 2.28. The fraction of sp³-hybridized carbons (Fsp3) is 0.571. The number of carbonyl (C=O) groups is 1. The molecule has 7 nitrogen and oxygen atoms in total. The van der Waals surface area contributed by atoms with Crippen LogP contribution in [-0.2, 0) is 9.53 Å². The molecule has 1 aromatic heterocycles. The number of carbonyl (C=O) groups excluding carboxylic acids is 1. The second-order valence-corrected chi connectivity index (χ2v) is 5.61. The third kappa shape index (κ3) is 4.07. The molecule has 1 fully saturated rings. The summed E-state index contributed by atoms with van der Waals surface area (Å²) in [6, 6.07) is 1.53. The SMILES string of the molecule is CCOC(=O)C1CCC(Nc2cc(Cl)ncc2[N+](=O)[O-])CC1. The molecule has 120 valence electrons. The van der Waals surface area contributed by atoms with Crippen LogP contribution in [0.2, 0.25) is 5.15 Å². The van der Waals surface area contributed by atoms with Gasteiger partial charge in [0.2, 0.25) is 0 Å². The second kappa shape index (κ2) is 7.40. The molecule has 0 aromatic carbocycles. The first-order chi connectivity index (χ1) is 10.5. The van der Waals surface area contributed by atoms with Crippen LogP contribution in [0.4, 0.5) is 11.4 Å². The number of halogens is 1. The zero-order valence-corrected chi connectivity index (χ0v) is 13.0. The van der Waals surface area contributed by atoms with Gasteiger partial charge in [0.15, 0.2) is 0 Å². The van der Waals surface area contributed by atoms with Crippen LogP contribution in [0.1, 0.15) is 32.6 Å². The molecule has 1 aromatic rings. The molecule has 0 atom stereocenters. The lowest BCUT2D eigenvalue weighted by Crippen LogP contribution is -2.30. The molecule has 1 aliphatic carbocycles. The molecule has 0 amide bonds. The van der Waals surface area contributed by atoms with E-state index in [0.717, 1.165) is 19.0 Å². The Morgan fingerprint density at radius 1 is 1.50 bits per heavy atom. The molecule has 1 N–H and O–H groups in total. The molecule has 1 saturated carbocycles. The molecule has 0 bridgehead atoms. The Kier molecular flexibility index (Phi) is 5.54. The van der Waals surface area contributed by atoms with Gasteiger partial charge in [-0.1, -0.05) is 11.6 Å². The van der Waals surface area contributed by atoms with Gasteiger partial charge in [-0.2, -0.15) is 0 Å². The van der Waals surface area contributed by atoms with E-state index < -0.39 is 4.92 Å². The number of nitrogens with one attached hydrogen (secondary N) is 1. The third-order valence-electron chi connectivity index (χ3n) is 3.75. The lowest BCUT2D eigenvalue weighted by Gasteiger charge is -2.28. The van der Waals surface area contributed by atoms with Gasteiger partial charge in [-0.3, -0.25) is 14.9 Å². The van der Waals surface area contributed by atoms with E-state index in [1.165, 1.54) is 6.07 Å². The highest BCUT2D eigenvalue weighted by molar-refractivity contribution is 6.29. The standard InChI is InChI=1S/C14H18ClN3O4/c1-2-22-14(19)9-3-5-10(6-4-9)17-11-7-13(15)16-8-12(11)18(20)21/h7-10H,2-6H2,1H3,(H,16,17). The van der Waals surface area contributed by atoms with Crippen molar-refractivity contribution in [2.75, 3.05) is 11.9 Å². The summed E-state index contributed by atoms with van der Waals surface area (Å²) in [6.07, 6.45) is 4.07. The summed E-state index contributed by atoms with van der Waals surface area (Å²) >= 11 is 5.80. The highest BCUT2D eigenvalue weighted by Crippen LogP contribution is 2.31. The first kappa shape index (κ1) is 16.5. The molecule has 0 spiro atoms. The van der Waals surface area contributed by atoms with E-state index >= 15 is 0 Å². The number of rotatable bonds is 5. The van der Waals surface area contributed by atoms with Crippen LogP contribution in [0.25, 0.3) is 0 Å². The number of aromatic nitrogens is 1. The zero-order valence-electron chi connectivity index (χ0n) is 12.3. The Morgan fingerprint density at radius 2 is 2.18 bits per heavy atom.